The van der Waals surface area contributed by atoms with E-state index in [-0.39, 0.29) is 0 Å². The third-order valence-electron chi connectivity index (χ3n) is 6.66. The molecule has 1 fully saturated rings. The Morgan fingerprint density at radius 2 is 1.72 bits per heavy atom. The van der Waals surface area contributed by atoms with Gasteiger partial charge >= 0.3 is 0 Å². The van der Waals surface area contributed by atoms with Crippen LogP contribution in [0.2, 0.25) is 0 Å². The number of benzene rings is 2. The fraction of sp³-hybridized carbons (Fsp3) is 0.308. The lowest BCUT2D eigenvalue weighted by atomic mass is 10.2. The Balaban J connectivity index is 1.35. The first-order valence-electron chi connectivity index (χ1n) is 11.9. The van der Waals surface area contributed by atoms with Crippen LogP contribution in [0, 0.1) is 0 Å². The molecule has 0 atom stereocenters. The molecule has 0 amide bonds. The monoisotopic (exact) mass is 505 g/mol. The molecule has 2 aromatic heterocycles. The molecule has 4 aromatic rings. The number of nitrogens with zero attached hydrogens (tertiary/aromatic N) is 6. The molecule has 1 aliphatic heterocycles. The maximum Gasteiger partial charge on any atom is 0.232 e. The van der Waals surface area contributed by atoms with Crippen molar-refractivity contribution in [1.82, 2.24) is 19.4 Å². The summed E-state index contributed by atoms with van der Waals surface area (Å²) in [5, 5.41) is 4.23. The fourth-order valence-corrected chi connectivity index (χ4v) is 4.96. The van der Waals surface area contributed by atoms with E-state index in [1.54, 1.807) is 13.2 Å². The lowest BCUT2D eigenvalue weighted by Crippen LogP contribution is -2.44. The van der Waals surface area contributed by atoms with Gasteiger partial charge in [0.25, 0.3) is 0 Å². The highest BCUT2D eigenvalue weighted by molar-refractivity contribution is 7.92. The van der Waals surface area contributed by atoms with Gasteiger partial charge in [0.15, 0.2) is 0 Å². The number of aromatic nitrogens is 3. The predicted octanol–water partition coefficient (Wildman–Crippen LogP) is 3.37. The molecule has 5 rings (SSSR count). The van der Waals surface area contributed by atoms with Crippen molar-refractivity contribution in [3.05, 3.63) is 72.6 Å². The molecular weight excluding hydrogens is 474 g/mol. The van der Waals surface area contributed by atoms with E-state index in [0.717, 1.165) is 48.5 Å². The molecular formula is C26H31N7O2S. The van der Waals surface area contributed by atoms with Gasteiger partial charge in [-0.1, -0.05) is 18.2 Å². The Morgan fingerprint density at radius 3 is 2.44 bits per heavy atom. The number of hydrogen-bond donors (Lipinski definition) is 1. The van der Waals surface area contributed by atoms with E-state index in [0.29, 0.717) is 18.2 Å². The van der Waals surface area contributed by atoms with E-state index in [4.69, 9.17) is 4.98 Å². The molecule has 0 unspecified atom stereocenters. The van der Waals surface area contributed by atoms with Gasteiger partial charge < -0.3 is 19.7 Å². The highest BCUT2D eigenvalue weighted by Crippen LogP contribution is 2.25. The number of hydrogen-bond acceptors (Lipinski definition) is 7. The van der Waals surface area contributed by atoms with Crippen LogP contribution in [0.5, 0.6) is 0 Å². The second kappa shape index (κ2) is 9.79. The first-order valence-corrected chi connectivity index (χ1v) is 13.8. The van der Waals surface area contributed by atoms with Gasteiger partial charge in [-0.25, -0.2) is 13.4 Å². The van der Waals surface area contributed by atoms with E-state index in [2.05, 4.69) is 51.4 Å². The topological polar surface area (TPSA) is 86.6 Å². The summed E-state index contributed by atoms with van der Waals surface area (Å²) in [5.41, 5.74) is 4.45. The summed E-state index contributed by atoms with van der Waals surface area (Å²) >= 11 is 0. The van der Waals surface area contributed by atoms with Crippen molar-refractivity contribution < 1.29 is 8.42 Å². The van der Waals surface area contributed by atoms with Crippen molar-refractivity contribution in [3.8, 4) is 0 Å². The van der Waals surface area contributed by atoms with Crippen molar-refractivity contribution >= 4 is 44.1 Å². The SMILES string of the molecule is CN1CCN(c2ccc(Nc3ncc4ccn(Cc5ccccc5N(C)S(C)(=O)=O)c4n3)cc2)CC1. The van der Waals surface area contributed by atoms with Gasteiger partial charge in [-0.15, -0.1) is 0 Å². The molecule has 0 bridgehead atoms. The minimum absolute atomic E-state index is 0.482. The van der Waals surface area contributed by atoms with Gasteiger partial charge in [0.1, 0.15) is 5.65 Å². The quantitative estimate of drug-likeness (QED) is 0.412. The highest BCUT2D eigenvalue weighted by atomic mass is 32.2. The number of piperazine rings is 1. The minimum Gasteiger partial charge on any atom is -0.369 e. The van der Waals surface area contributed by atoms with Gasteiger partial charge in [-0.3, -0.25) is 4.31 Å². The Hall–Kier alpha value is -3.63. The summed E-state index contributed by atoms with van der Waals surface area (Å²) in [6, 6.07) is 17.8. The molecule has 1 saturated heterocycles. The van der Waals surface area contributed by atoms with Gasteiger partial charge in [0.2, 0.25) is 16.0 Å². The minimum atomic E-state index is -3.37. The highest BCUT2D eigenvalue weighted by Gasteiger charge is 2.17. The Kier molecular flexibility index (Phi) is 6.55. The maximum atomic E-state index is 12.1. The van der Waals surface area contributed by atoms with Gasteiger partial charge in [0.05, 0.1) is 18.5 Å². The molecule has 1 aliphatic rings. The molecule has 2 aromatic carbocycles. The van der Waals surface area contributed by atoms with Crippen LogP contribution in [-0.2, 0) is 16.6 Å². The van der Waals surface area contributed by atoms with Crippen LogP contribution < -0.4 is 14.5 Å². The second-order valence-corrected chi connectivity index (χ2v) is 11.3. The van der Waals surface area contributed by atoms with E-state index in [1.807, 2.05) is 41.1 Å². The summed E-state index contributed by atoms with van der Waals surface area (Å²) in [5.74, 6) is 0.510. The molecule has 0 spiro atoms. The van der Waals surface area contributed by atoms with Crippen molar-refractivity contribution in [2.75, 3.05) is 61.1 Å². The number of rotatable bonds is 7. The first kappa shape index (κ1) is 24.1. The van der Waals surface area contributed by atoms with Crippen LogP contribution in [0.25, 0.3) is 11.0 Å². The van der Waals surface area contributed by atoms with Gasteiger partial charge in [-0.2, -0.15) is 4.98 Å². The zero-order chi connectivity index (χ0) is 25.3. The third kappa shape index (κ3) is 5.14. The summed E-state index contributed by atoms with van der Waals surface area (Å²) in [4.78, 5) is 14.0. The first-order chi connectivity index (χ1) is 17.3. The van der Waals surface area contributed by atoms with Crippen molar-refractivity contribution in [3.63, 3.8) is 0 Å². The molecule has 0 saturated carbocycles. The standard InChI is InChI=1S/C26H31N7O2S/c1-30-14-16-32(17-15-30)23-10-8-22(9-11-23)28-26-27-18-20-12-13-33(25(20)29-26)19-21-6-4-5-7-24(21)31(2)36(3,34)35/h4-13,18H,14-17,19H2,1-3H3,(H,27,28,29). The number of sulfonamides is 1. The Bertz CT molecular complexity index is 1460. The molecule has 10 heteroatoms. The maximum absolute atomic E-state index is 12.1. The van der Waals surface area contributed by atoms with Crippen LogP contribution in [0.3, 0.4) is 0 Å². The number of para-hydroxylation sites is 1. The summed E-state index contributed by atoms with van der Waals surface area (Å²) in [7, 11) is 0.357. The van der Waals surface area contributed by atoms with E-state index < -0.39 is 10.0 Å². The number of nitrogens with one attached hydrogen (secondary N) is 1. The smallest absolute Gasteiger partial charge is 0.232 e. The summed E-state index contributed by atoms with van der Waals surface area (Å²) in [6.07, 6.45) is 4.96. The van der Waals surface area contributed by atoms with Crippen LogP contribution in [0.4, 0.5) is 23.0 Å². The van der Waals surface area contributed by atoms with Gasteiger partial charge in [0, 0.05) is 62.4 Å². The summed E-state index contributed by atoms with van der Waals surface area (Å²) < 4.78 is 27.6. The van der Waals surface area contributed by atoms with Gasteiger partial charge in [-0.05, 0) is 49.0 Å². The predicted molar refractivity (Wildman–Crippen MR) is 146 cm³/mol. The number of anilines is 4. The molecule has 0 radical (unpaired) electrons. The van der Waals surface area contributed by atoms with Crippen LogP contribution >= 0.6 is 0 Å². The molecule has 3 heterocycles. The molecule has 36 heavy (non-hydrogen) atoms. The van der Waals surface area contributed by atoms with Crippen molar-refractivity contribution in [2.24, 2.45) is 0 Å². The molecule has 1 N–H and O–H groups in total. The van der Waals surface area contributed by atoms with Crippen LogP contribution in [-0.4, -0.2) is 74.4 Å². The second-order valence-electron chi connectivity index (χ2n) is 9.24. The normalized spacial score (nSPS) is 14.8. The average molecular weight is 506 g/mol. The van der Waals surface area contributed by atoms with Crippen LogP contribution in [0.1, 0.15) is 5.56 Å². The molecule has 0 aliphatic carbocycles. The zero-order valence-corrected chi connectivity index (χ0v) is 21.6. The zero-order valence-electron chi connectivity index (χ0n) is 20.8. The Labute approximate surface area is 212 Å². The number of fused-ring (bicyclic) bond motifs is 1. The fourth-order valence-electron chi connectivity index (χ4n) is 4.42. The van der Waals surface area contributed by atoms with E-state index >= 15 is 0 Å². The lowest BCUT2D eigenvalue weighted by Gasteiger charge is -2.34. The van der Waals surface area contributed by atoms with Crippen molar-refractivity contribution in [1.29, 1.82) is 0 Å². The largest absolute Gasteiger partial charge is 0.369 e. The van der Waals surface area contributed by atoms with Crippen molar-refractivity contribution in [2.45, 2.75) is 6.54 Å². The third-order valence-corrected chi connectivity index (χ3v) is 7.85. The van der Waals surface area contributed by atoms with E-state index in [1.165, 1.54) is 16.2 Å². The molecule has 188 valence electrons. The number of likely N-dealkylation sites (N-methyl/N-ethyl adjacent to an activating group) is 1. The van der Waals surface area contributed by atoms with E-state index in [9.17, 15) is 8.42 Å². The summed E-state index contributed by atoms with van der Waals surface area (Å²) in [6.45, 7) is 4.69. The van der Waals surface area contributed by atoms with Crippen LogP contribution in [0.15, 0.2) is 67.0 Å². The Morgan fingerprint density at radius 1 is 1.00 bits per heavy atom. The molecule has 9 nitrogen and oxygen atoms in total. The lowest BCUT2D eigenvalue weighted by molar-refractivity contribution is 0.313. The average Bonchev–Trinajstić information content (AvgIpc) is 3.26.